The van der Waals surface area contributed by atoms with Gasteiger partial charge in [0.05, 0.1) is 31.0 Å². The van der Waals surface area contributed by atoms with Gasteiger partial charge in [0, 0.05) is 25.0 Å². The molecule has 3 heterocycles. The van der Waals surface area contributed by atoms with E-state index in [0.717, 1.165) is 15.9 Å². The number of rotatable bonds is 4. The quantitative estimate of drug-likeness (QED) is 0.178. The zero-order valence-electron chi connectivity index (χ0n) is 21.1. The zero-order valence-corrected chi connectivity index (χ0v) is 24.3. The van der Waals surface area contributed by atoms with E-state index in [9.17, 15) is 9.59 Å². The minimum Gasteiger partial charge on any atom is -0.465 e. The number of methoxy groups -OCH3 is 2. The second kappa shape index (κ2) is 18.8. The predicted molar refractivity (Wildman–Crippen MR) is 151 cm³/mol. The van der Waals surface area contributed by atoms with Gasteiger partial charge >= 0.3 is 11.9 Å². The summed E-state index contributed by atoms with van der Waals surface area (Å²) in [4.78, 5) is 34.5. The average molecular weight is 631 g/mol. The molecule has 0 fully saturated rings. The van der Waals surface area contributed by atoms with Crippen molar-refractivity contribution < 1.29 is 19.1 Å². The maximum absolute atomic E-state index is 11.6. The molecule has 0 amide bonds. The molecule has 0 aliphatic carbocycles. The third-order valence-corrected chi connectivity index (χ3v) is 5.40. The van der Waals surface area contributed by atoms with Crippen LogP contribution in [0.2, 0.25) is 0 Å². The van der Waals surface area contributed by atoms with Crippen LogP contribution in [-0.4, -0.2) is 41.1 Å². The molecule has 7 nitrogen and oxygen atoms in total. The van der Waals surface area contributed by atoms with Gasteiger partial charge < -0.3 is 9.47 Å². The summed E-state index contributed by atoms with van der Waals surface area (Å²) in [6.45, 7) is 4.00. The maximum atomic E-state index is 11.6. The number of benzene rings is 1. The molecule has 0 saturated heterocycles. The fraction of sp³-hybridized carbons (Fsp3) is 0.179. The molecule has 4 aromatic rings. The van der Waals surface area contributed by atoms with Gasteiger partial charge in [-0.05, 0) is 73.8 Å². The van der Waals surface area contributed by atoms with E-state index < -0.39 is 0 Å². The van der Waals surface area contributed by atoms with Crippen molar-refractivity contribution in [1.29, 1.82) is 0 Å². The molecule has 0 atom stereocenters. The fourth-order valence-electron chi connectivity index (χ4n) is 2.65. The highest BCUT2D eigenvalue weighted by Crippen LogP contribution is 2.13. The number of esters is 2. The lowest BCUT2D eigenvalue weighted by Gasteiger charge is -2.06. The number of hydrogen-bond acceptors (Lipinski definition) is 7. The van der Waals surface area contributed by atoms with Crippen LogP contribution in [0, 0.1) is 0 Å². The fourth-order valence-corrected chi connectivity index (χ4v) is 3.34. The summed E-state index contributed by atoms with van der Waals surface area (Å²) < 4.78 is 10.6. The van der Waals surface area contributed by atoms with Crippen LogP contribution in [0.1, 0.15) is 45.8 Å². The molecule has 4 rings (SSSR count). The van der Waals surface area contributed by atoms with E-state index in [0.29, 0.717) is 22.2 Å². The third kappa shape index (κ3) is 11.9. The number of aromatic nitrogens is 3. The van der Waals surface area contributed by atoms with Crippen LogP contribution in [-0.2, 0) is 15.9 Å². The lowest BCUT2D eigenvalue weighted by molar-refractivity contribution is 0.0590. The van der Waals surface area contributed by atoms with Gasteiger partial charge in [0.15, 0.2) is 0 Å². The summed E-state index contributed by atoms with van der Waals surface area (Å²) in [5.74, 6) is -0.728. The number of carbonyl (C=O) groups is 2. The molecule has 0 aliphatic heterocycles. The summed E-state index contributed by atoms with van der Waals surface area (Å²) in [5, 5.41) is 0. The summed E-state index contributed by atoms with van der Waals surface area (Å²) in [6.07, 6.45) is 5.65. The van der Waals surface area contributed by atoms with Crippen LogP contribution in [0.5, 0.6) is 0 Å². The molecule has 0 spiro atoms. The molecule has 0 radical (unpaired) electrons. The Kier molecular flexibility index (Phi) is 16.0. The summed E-state index contributed by atoms with van der Waals surface area (Å²) >= 11 is 6.33. The smallest absolute Gasteiger partial charge is 0.340 e. The highest BCUT2D eigenvalue weighted by Gasteiger charge is 2.12. The number of pyridine rings is 3. The number of halogens is 2. The minimum absolute atomic E-state index is 0.343. The van der Waals surface area contributed by atoms with Crippen molar-refractivity contribution in [2.45, 2.75) is 20.3 Å². The van der Waals surface area contributed by atoms with Crippen molar-refractivity contribution >= 4 is 43.8 Å². The number of carbonyl (C=O) groups excluding carboxylic acids is 2. The molecule has 0 aliphatic rings. The van der Waals surface area contributed by atoms with Gasteiger partial charge in [-0.15, -0.1) is 0 Å². The van der Waals surface area contributed by atoms with E-state index in [1.165, 1.54) is 14.2 Å². The molecule has 0 N–H and O–H groups in total. The van der Waals surface area contributed by atoms with Crippen molar-refractivity contribution in [2.75, 3.05) is 14.2 Å². The van der Waals surface area contributed by atoms with E-state index in [2.05, 4.69) is 51.5 Å². The maximum Gasteiger partial charge on any atom is 0.340 e. The van der Waals surface area contributed by atoms with Crippen LogP contribution < -0.4 is 0 Å². The van der Waals surface area contributed by atoms with Crippen molar-refractivity contribution in [3.05, 3.63) is 123 Å². The Morgan fingerprint density at radius 2 is 1.22 bits per heavy atom. The highest BCUT2D eigenvalue weighted by atomic mass is 79.9. The third-order valence-electron chi connectivity index (χ3n) is 4.30. The second-order valence-corrected chi connectivity index (χ2v) is 8.20. The second-order valence-electron chi connectivity index (χ2n) is 6.64. The van der Waals surface area contributed by atoms with Crippen molar-refractivity contribution in [3.63, 3.8) is 0 Å². The van der Waals surface area contributed by atoms with Gasteiger partial charge in [-0.25, -0.2) is 19.6 Å². The lowest BCUT2D eigenvalue weighted by atomic mass is 10.1. The van der Waals surface area contributed by atoms with E-state index in [-0.39, 0.29) is 11.9 Å². The van der Waals surface area contributed by atoms with Crippen molar-refractivity contribution in [1.82, 2.24) is 15.0 Å². The first kappa shape index (κ1) is 31.6. The van der Waals surface area contributed by atoms with Crippen LogP contribution in [0.3, 0.4) is 0 Å². The molecule has 3 aromatic heterocycles. The van der Waals surface area contributed by atoms with Crippen LogP contribution in [0.25, 0.3) is 0 Å². The number of hydrogen-bond donors (Lipinski definition) is 0. The first-order valence-corrected chi connectivity index (χ1v) is 12.9. The Bertz CT molecular complexity index is 1210. The predicted octanol–water partition coefficient (Wildman–Crippen LogP) is 6.96. The van der Waals surface area contributed by atoms with Crippen LogP contribution in [0.15, 0.2) is 101 Å². The Hall–Kier alpha value is -3.43. The first-order chi connectivity index (χ1) is 18.0. The molecular formula is C28H29Br2N3O4. The molecule has 1 aromatic carbocycles. The first-order valence-electron chi connectivity index (χ1n) is 11.3. The van der Waals surface area contributed by atoms with Crippen LogP contribution in [0.4, 0.5) is 0 Å². The molecule has 0 bridgehead atoms. The monoisotopic (exact) mass is 629 g/mol. The Morgan fingerprint density at radius 3 is 1.73 bits per heavy atom. The number of nitrogens with zero attached hydrogens (tertiary/aromatic N) is 3. The van der Waals surface area contributed by atoms with Gasteiger partial charge in [0.1, 0.15) is 9.21 Å². The van der Waals surface area contributed by atoms with E-state index in [4.69, 9.17) is 4.74 Å². The standard InChI is InChI=1S/C14H13NO2.C7H6BrNO2.C5H4BrN.C2H6/c1-17-14(16)12-8-5-9-15-13(12)10-11-6-3-2-4-7-11;1-11-7(10)5-3-2-4-9-6(5)8;6-5-3-1-2-4-7-5;1-2/h2-9H,10H2,1H3;2-4H,1H3;1-4H;1-2H3. The van der Waals surface area contributed by atoms with Gasteiger partial charge in [0.2, 0.25) is 0 Å². The molecule has 0 saturated carbocycles. The van der Waals surface area contributed by atoms with Gasteiger partial charge in [-0.2, -0.15) is 0 Å². The van der Waals surface area contributed by atoms with Crippen LogP contribution >= 0.6 is 31.9 Å². The van der Waals surface area contributed by atoms with E-state index in [1.807, 2.05) is 62.4 Å². The van der Waals surface area contributed by atoms with Gasteiger partial charge in [-0.3, -0.25) is 4.98 Å². The highest BCUT2D eigenvalue weighted by molar-refractivity contribution is 9.10. The van der Waals surface area contributed by atoms with E-state index >= 15 is 0 Å². The molecule has 194 valence electrons. The van der Waals surface area contributed by atoms with Gasteiger partial charge in [-0.1, -0.05) is 50.2 Å². The number of ether oxygens (including phenoxy) is 2. The molecule has 37 heavy (non-hydrogen) atoms. The van der Waals surface area contributed by atoms with Crippen molar-refractivity contribution in [3.8, 4) is 0 Å². The normalized spacial score (nSPS) is 9.14. The Balaban J connectivity index is 0.000000293. The van der Waals surface area contributed by atoms with E-state index in [1.54, 1.807) is 42.9 Å². The Labute approximate surface area is 234 Å². The summed E-state index contributed by atoms with van der Waals surface area (Å²) in [5.41, 5.74) is 2.83. The zero-order chi connectivity index (χ0) is 27.5. The summed E-state index contributed by atoms with van der Waals surface area (Å²) in [7, 11) is 2.71. The topological polar surface area (TPSA) is 91.3 Å². The van der Waals surface area contributed by atoms with Crippen molar-refractivity contribution in [2.24, 2.45) is 0 Å². The molecular weight excluding hydrogens is 602 g/mol. The SMILES string of the molecule is Brc1ccccn1.CC.COC(=O)c1cccnc1Br.COC(=O)c1cccnc1Cc1ccccc1. The minimum atomic E-state index is -0.384. The molecule has 9 heteroatoms. The lowest BCUT2D eigenvalue weighted by Crippen LogP contribution is -2.07. The largest absolute Gasteiger partial charge is 0.465 e. The average Bonchev–Trinajstić information content (AvgIpc) is 2.95. The summed E-state index contributed by atoms with van der Waals surface area (Å²) in [6, 6.07) is 22.4. The Morgan fingerprint density at radius 1 is 0.676 bits per heavy atom. The van der Waals surface area contributed by atoms with Gasteiger partial charge in [0.25, 0.3) is 0 Å². The molecule has 0 unspecified atom stereocenters.